The van der Waals surface area contributed by atoms with Crippen molar-refractivity contribution in [2.24, 2.45) is 0 Å². The van der Waals surface area contributed by atoms with Crippen molar-refractivity contribution in [3.05, 3.63) is 0 Å². The van der Waals surface area contributed by atoms with Crippen LogP contribution in [0.2, 0.25) is 0 Å². The molecule has 2 nitrogen and oxygen atoms in total. The first-order chi connectivity index (χ1) is 2.94. The molecule has 0 rings (SSSR count). The van der Waals surface area contributed by atoms with Gasteiger partial charge in [0.2, 0.25) is 0 Å². The third kappa shape index (κ3) is 4.16. The Morgan fingerprint density at radius 2 is 1.57 bits per heavy atom. The Labute approximate surface area is 60.3 Å². The number of hydrogen-bond donors (Lipinski definition) is 0. The van der Waals surface area contributed by atoms with Crippen LogP contribution in [-0.2, 0) is 7.01 Å². The van der Waals surface area contributed by atoms with Gasteiger partial charge in [-0.05, 0) is 0 Å². The first-order valence-electron chi connectivity index (χ1n) is 1.18. The summed E-state index contributed by atoms with van der Waals surface area (Å²) in [5.74, 6) is 0. The maximum absolute atomic E-state index is 10.3. The van der Waals surface area contributed by atoms with Gasteiger partial charge in [0.25, 0.3) is 0 Å². The van der Waals surface area contributed by atoms with Crippen molar-refractivity contribution in [2.75, 3.05) is 6.26 Å². The fourth-order valence-corrected chi connectivity index (χ4v) is 0. The van der Waals surface area contributed by atoms with Crippen LogP contribution in [0.5, 0.6) is 0 Å². The van der Waals surface area contributed by atoms with E-state index in [0.717, 1.165) is 0 Å². The first-order valence-corrected chi connectivity index (χ1v) is 15.3. The van der Waals surface area contributed by atoms with Gasteiger partial charge in [-0.1, -0.05) is 0 Å². The second-order valence-corrected chi connectivity index (χ2v) is 28.8. The van der Waals surface area contributed by atoms with Crippen LogP contribution in [-0.4, -0.2) is 14.7 Å². The molecule has 0 aliphatic heterocycles. The van der Waals surface area contributed by atoms with Crippen LogP contribution < -0.4 is 0 Å². The number of hydrogen-bond acceptors (Lipinski definition) is 2. The van der Waals surface area contributed by atoms with Crippen LogP contribution in [0.25, 0.3) is 0 Å². The summed E-state index contributed by atoms with van der Waals surface area (Å²) in [6.45, 7) is 0. The molecule has 0 atom stereocenters. The normalized spacial score (nSPS) is 13.9. The summed E-state index contributed by atoms with van der Waals surface area (Å²) in [5.41, 5.74) is 0. The van der Waals surface area contributed by atoms with E-state index in [4.69, 9.17) is 0 Å². The molecule has 0 aromatic rings. The molecule has 0 radical (unpaired) electrons. The molecule has 0 saturated carbocycles. The van der Waals surface area contributed by atoms with E-state index in [1.165, 1.54) is 6.26 Å². The second kappa shape index (κ2) is 2.98. The van der Waals surface area contributed by atoms with Crippen molar-refractivity contribution in [1.82, 2.24) is 0 Å². The van der Waals surface area contributed by atoms with Crippen molar-refractivity contribution in [2.45, 2.75) is 0 Å². The molecule has 0 heterocycles. The molecule has 0 aliphatic carbocycles. The van der Waals surface area contributed by atoms with Crippen LogP contribution in [0.15, 0.2) is 0 Å². The summed E-state index contributed by atoms with van der Waals surface area (Å²) in [4.78, 5) is 0. The molecule has 0 spiro atoms. The van der Waals surface area contributed by atoms with Gasteiger partial charge >= 0.3 is 61.0 Å². The van der Waals surface area contributed by atoms with Gasteiger partial charge in [-0.3, -0.25) is 0 Å². The minimum atomic E-state index is -2.75. The topological polar surface area (TPSA) is 34.1 Å². The molecule has 0 aromatic heterocycles. The molecular formula is CH3Br2IO2S. The van der Waals surface area contributed by atoms with Crippen molar-refractivity contribution >= 4 is 46.4 Å². The molecule has 0 bridgehead atoms. The molecule has 0 aliphatic rings. The van der Waals surface area contributed by atoms with Crippen LogP contribution in [0, 0.1) is 0 Å². The van der Waals surface area contributed by atoms with Gasteiger partial charge in [-0.25, -0.2) is 0 Å². The van der Waals surface area contributed by atoms with E-state index in [1.54, 1.807) is 0 Å². The molecule has 7 heavy (non-hydrogen) atoms. The average Bonchev–Trinajstić information content (AvgIpc) is 1.31. The van der Waals surface area contributed by atoms with Crippen LogP contribution in [0.4, 0.5) is 0 Å². The molecule has 46 valence electrons. The summed E-state index contributed by atoms with van der Waals surface area (Å²) in [6, 6.07) is 0. The molecular weight excluding hydrogens is 363 g/mol. The Morgan fingerprint density at radius 1 is 1.43 bits per heavy atom. The molecule has 0 N–H and O–H groups in total. The zero-order valence-corrected chi connectivity index (χ0v) is 9.50. The van der Waals surface area contributed by atoms with E-state index in [9.17, 15) is 8.42 Å². The maximum atomic E-state index is 10.3. The summed E-state index contributed by atoms with van der Waals surface area (Å²) < 4.78 is 20.6. The fraction of sp³-hybridized carbons (Fsp3) is 1.00. The molecule has 6 heteroatoms. The number of halogens is 3. The van der Waals surface area contributed by atoms with Crippen molar-refractivity contribution in [3.8, 4) is 0 Å². The standard InChI is InChI=1S/CH3Br2IO2S/c1-7(5,6)4(2)3/h1H3. The number of rotatable bonds is 1. The first kappa shape index (κ1) is 8.64. The van der Waals surface area contributed by atoms with Gasteiger partial charge in [0.15, 0.2) is 0 Å². The van der Waals surface area contributed by atoms with Crippen molar-refractivity contribution in [1.29, 1.82) is 0 Å². The summed E-state index contributed by atoms with van der Waals surface area (Å²) in [6.07, 6.45) is 1.21. The van der Waals surface area contributed by atoms with Gasteiger partial charge in [0.1, 0.15) is 0 Å². The van der Waals surface area contributed by atoms with E-state index in [1.807, 2.05) is 0 Å². The van der Waals surface area contributed by atoms with E-state index in [-0.39, 0.29) is 0 Å². The third-order valence-corrected chi connectivity index (χ3v) is 22.2. The van der Waals surface area contributed by atoms with E-state index in [0.29, 0.717) is 0 Å². The van der Waals surface area contributed by atoms with E-state index in [2.05, 4.69) is 25.4 Å². The summed E-state index contributed by atoms with van der Waals surface area (Å²) >= 11 is 4.05. The summed E-state index contributed by atoms with van der Waals surface area (Å²) in [7, 11) is -2.75. The van der Waals surface area contributed by atoms with E-state index >= 15 is 0 Å². The zero-order chi connectivity index (χ0) is 6.08. The fourth-order valence-electron chi connectivity index (χ4n) is 0. The molecule has 0 saturated heterocycles. The van der Waals surface area contributed by atoms with Crippen molar-refractivity contribution in [3.63, 3.8) is 0 Å². The van der Waals surface area contributed by atoms with Gasteiger partial charge in [-0.15, -0.1) is 0 Å². The molecule has 0 amide bonds. The molecule has 0 fully saturated rings. The zero-order valence-electron chi connectivity index (χ0n) is 3.36. The van der Waals surface area contributed by atoms with Crippen molar-refractivity contribution < 1.29 is 8.42 Å². The van der Waals surface area contributed by atoms with Gasteiger partial charge in [-0.2, -0.15) is 0 Å². The van der Waals surface area contributed by atoms with Gasteiger partial charge in [0, 0.05) is 0 Å². The van der Waals surface area contributed by atoms with Crippen LogP contribution in [0.1, 0.15) is 0 Å². The van der Waals surface area contributed by atoms with Crippen LogP contribution >= 0.6 is 39.4 Å². The third-order valence-electron chi connectivity index (χ3n) is 0.212. The SMILES string of the molecule is CS(=O)(=O)I(Br)Br. The molecule has 0 unspecified atom stereocenters. The Morgan fingerprint density at radius 3 is 1.57 bits per heavy atom. The minimum absolute atomic E-state index is 1.21. The Kier molecular flexibility index (Phi) is 3.67. The predicted molar refractivity (Wildman–Crippen MR) is 46.7 cm³/mol. The van der Waals surface area contributed by atoms with E-state index < -0.39 is 21.0 Å². The monoisotopic (exact) mass is 364 g/mol. The van der Waals surface area contributed by atoms with Gasteiger partial charge in [0.05, 0.1) is 0 Å². The average molecular weight is 366 g/mol. The van der Waals surface area contributed by atoms with Gasteiger partial charge < -0.3 is 0 Å². The van der Waals surface area contributed by atoms with Crippen LogP contribution in [0.3, 0.4) is 0 Å². The quantitative estimate of drug-likeness (QED) is 0.526. The second-order valence-electron chi connectivity index (χ2n) is 0.852. The Balaban J connectivity index is 4.10. The predicted octanol–water partition coefficient (Wildman–Crippen LogP) is 2.07. The molecule has 0 aromatic carbocycles. The Bertz CT molecular complexity index is 138. The summed E-state index contributed by atoms with van der Waals surface area (Å²) in [5, 5.41) is 0. The Hall–Kier alpha value is 1.64.